The third-order valence-electron chi connectivity index (χ3n) is 7.68. The van der Waals surface area contributed by atoms with Crippen LogP contribution >= 0.6 is 0 Å². The molecule has 6 atom stereocenters. The molecule has 0 aromatic rings. The number of allylic oxidation sites excluding steroid dienone is 3. The van der Waals surface area contributed by atoms with Gasteiger partial charge in [-0.05, 0) is 80.8 Å². The van der Waals surface area contributed by atoms with Crippen molar-refractivity contribution >= 4 is 5.71 Å². The van der Waals surface area contributed by atoms with Gasteiger partial charge in [-0.2, -0.15) is 0 Å². The van der Waals surface area contributed by atoms with Crippen LogP contribution in [-0.2, 0) is 0 Å². The largest absolute Gasteiger partial charge is 0.411 e. The molecule has 3 nitrogen and oxygen atoms in total. The van der Waals surface area contributed by atoms with Crippen molar-refractivity contribution in [3.63, 3.8) is 0 Å². The van der Waals surface area contributed by atoms with Crippen LogP contribution in [0.4, 0.5) is 0 Å². The van der Waals surface area contributed by atoms with Crippen LogP contribution in [0.25, 0.3) is 0 Å². The Labute approximate surface area is 144 Å². The van der Waals surface area contributed by atoms with Crippen molar-refractivity contribution in [1.82, 2.24) is 0 Å². The van der Waals surface area contributed by atoms with Gasteiger partial charge in [0.1, 0.15) is 5.60 Å². The van der Waals surface area contributed by atoms with E-state index in [4.69, 9.17) is 11.6 Å². The van der Waals surface area contributed by atoms with E-state index in [1.165, 1.54) is 5.57 Å². The molecule has 2 saturated carbocycles. The highest BCUT2D eigenvalue weighted by atomic mass is 16.4. The van der Waals surface area contributed by atoms with Gasteiger partial charge in [-0.3, -0.25) is 0 Å². The predicted octanol–water partition coefficient (Wildman–Crippen LogP) is 3.92. The number of aliphatic hydroxyl groups is 1. The number of hydrogen-bond acceptors (Lipinski definition) is 3. The first-order valence-corrected chi connectivity index (χ1v) is 9.39. The zero-order valence-corrected chi connectivity index (χ0v) is 14.4. The lowest BCUT2D eigenvalue weighted by molar-refractivity contribution is -0.0871. The molecule has 3 heteroatoms. The monoisotopic (exact) mass is 325 g/mol. The number of nitrogens with zero attached hydrogens (tertiary/aromatic N) is 1. The summed E-state index contributed by atoms with van der Waals surface area (Å²) in [5.41, 5.74) is 1.07. The smallest absolute Gasteiger partial charge is 0.149 e. The summed E-state index contributed by atoms with van der Waals surface area (Å²) in [5, 5.41) is 23.6. The van der Waals surface area contributed by atoms with Gasteiger partial charge in [-0.25, -0.2) is 0 Å². The normalized spacial score (nSPS) is 48.2. The minimum atomic E-state index is -1.07. The number of terminal acetylenes is 1. The molecule has 0 aliphatic heterocycles. The Hall–Kier alpha value is -1.53. The second kappa shape index (κ2) is 5.49. The van der Waals surface area contributed by atoms with E-state index in [1.807, 2.05) is 6.08 Å². The van der Waals surface area contributed by atoms with Crippen LogP contribution in [0.15, 0.2) is 29.0 Å². The lowest BCUT2D eigenvalue weighted by Gasteiger charge is -2.56. The molecule has 0 amide bonds. The third kappa shape index (κ3) is 1.93. The standard InChI is InChI=1S/C21H27NO2/c1-3-20-11-9-17-16-8-6-15(22-24)13-14(16)5-7-18(17)19(20)10-12-21(20,23)4-2/h2,10,12-13,16-19,23-24H,3,5-9,11H2,1H3/b22-15-/t16-,17+,18+,19-,20-,21-/m0/s1. The molecule has 2 fully saturated rings. The Kier molecular flexibility index (Phi) is 3.65. The Morgan fingerprint density at radius 2 is 2.12 bits per heavy atom. The fraction of sp³-hybridized carbons (Fsp3) is 0.667. The van der Waals surface area contributed by atoms with E-state index >= 15 is 0 Å². The minimum absolute atomic E-state index is 0.170. The van der Waals surface area contributed by atoms with E-state index in [0.717, 1.165) is 50.7 Å². The summed E-state index contributed by atoms with van der Waals surface area (Å²) < 4.78 is 0. The zero-order chi connectivity index (χ0) is 16.9. The maximum absolute atomic E-state index is 11.1. The molecule has 0 radical (unpaired) electrons. The molecule has 0 aromatic carbocycles. The van der Waals surface area contributed by atoms with Gasteiger partial charge in [0.05, 0.1) is 5.71 Å². The van der Waals surface area contributed by atoms with Crippen molar-refractivity contribution in [2.24, 2.45) is 34.2 Å². The highest BCUT2D eigenvalue weighted by Crippen LogP contribution is 2.63. The third-order valence-corrected chi connectivity index (χ3v) is 7.68. The first-order valence-electron chi connectivity index (χ1n) is 9.39. The molecule has 24 heavy (non-hydrogen) atoms. The lowest BCUT2D eigenvalue weighted by atomic mass is 9.49. The summed E-state index contributed by atoms with van der Waals surface area (Å²) in [5.74, 6) is 5.03. The summed E-state index contributed by atoms with van der Waals surface area (Å²) in [7, 11) is 0. The van der Waals surface area contributed by atoms with Crippen molar-refractivity contribution in [1.29, 1.82) is 0 Å². The quantitative estimate of drug-likeness (QED) is 0.332. The molecule has 0 bridgehead atoms. The van der Waals surface area contributed by atoms with Crippen LogP contribution in [0, 0.1) is 41.4 Å². The van der Waals surface area contributed by atoms with E-state index in [-0.39, 0.29) is 5.41 Å². The van der Waals surface area contributed by atoms with E-state index < -0.39 is 5.60 Å². The molecule has 128 valence electrons. The summed E-state index contributed by atoms with van der Waals surface area (Å²) in [6.45, 7) is 2.18. The van der Waals surface area contributed by atoms with Crippen molar-refractivity contribution < 1.29 is 10.3 Å². The van der Waals surface area contributed by atoms with Crippen molar-refractivity contribution in [3.8, 4) is 12.3 Å². The topological polar surface area (TPSA) is 52.8 Å². The molecule has 0 saturated heterocycles. The van der Waals surface area contributed by atoms with Crippen LogP contribution in [0.2, 0.25) is 0 Å². The van der Waals surface area contributed by atoms with Crippen LogP contribution in [0.1, 0.15) is 51.9 Å². The maximum Gasteiger partial charge on any atom is 0.149 e. The lowest BCUT2D eigenvalue weighted by Crippen LogP contribution is -2.54. The van der Waals surface area contributed by atoms with E-state index in [2.05, 4.69) is 30.2 Å². The SMILES string of the molecule is C#C[C@]1(O)C=C[C@H]2[C@@H]3CCC4=C/C(=N\O)CC[C@@H]4[C@H]3CC[C@@]21CC. The molecule has 0 unspecified atom stereocenters. The van der Waals surface area contributed by atoms with Crippen LogP contribution < -0.4 is 0 Å². The predicted molar refractivity (Wildman–Crippen MR) is 94.6 cm³/mol. The van der Waals surface area contributed by atoms with Crippen LogP contribution in [0.3, 0.4) is 0 Å². The van der Waals surface area contributed by atoms with Gasteiger partial charge in [0.25, 0.3) is 0 Å². The average molecular weight is 325 g/mol. The van der Waals surface area contributed by atoms with E-state index in [1.54, 1.807) is 0 Å². The summed E-state index contributed by atoms with van der Waals surface area (Å²) in [6, 6.07) is 0. The van der Waals surface area contributed by atoms with Gasteiger partial charge >= 0.3 is 0 Å². The Bertz CT molecular complexity index is 670. The number of rotatable bonds is 1. The second-order valence-corrected chi connectivity index (χ2v) is 8.17. The fourth-order valence-electron chi connectivity index (χ4n) is 6.47. The molecule has 2 N–H and O–H groups in total. The molecule has 4 aliphatic rings. The minimum Gasteiger partial charge on any atom is -0.411 e. The van der Waals surface area contributed by atoms with Gasteiger partial charge in [-0.15, -0.1) is 6.42 Å². The van der Waals surface area contributed by atoms with Gasteiger partial charge in [0, 0.05) is 5.41 Å². The summed E-state index contributed by atoms with van der Waals surface area (Å²) in [4.78, 5) is 0. The molecule has 0 aromatic heterocycles. The van der Waals surface area contributed by atoms with E-state index in [0.29, 0.717) is 23.7 Å². The molecular formula is C21H27NO2. The maximum atomic E-state index is 11.1. The zero-order valence-electron chi connectivity index (χ0n) is 14.4. The van der Waals surface area contributed by atoms with Gasteiger partial charge < -0.3 is 10.3 Å². The van der Waals surface area contributed by atoms with Crippen LogP contribution in [-0.4, -0.2) is 21.6 Å². The Morgan fingerprint density at radius 3 is 2.83 bits per heavy atom. The van der Waals surface area contributed by atoms with Crippen molar-refractivity contribution in [3.05, 3.63) is 23.8 Å². The van der Waals surface area contributed by atoms with Crippen molar-refractivity contribution in [2.75, 3.05) is 0 Å². The summed E-state index contributed by atoms with van der Waals surface area (Å²) in [6.07, 6.45) is 19.3. The highest BCUT2D eigenvalue weighted by molar-refractivity contribution is 5.96. The first-order chi connectivity index (χ1) is 11.6. The number of hydrogen-bond donors (Lipinski definition) is 2. The molecule has 0 heterocycles. The van der Waals surface area contributed by atoms with Gasteiger partial charge in [0.2, 0.25) is 0 Å². The second-order valence-electron chi connectivity index (χ2n) is 8.17. The number of oxime groups is 1. The average Bonchev–Trinajstić information content (AvgIpc) is 2.94. The first kappa shape index (κ1) is 16.0. The van der Waals surface area contributed by atoms with Crippen LogP contribution in [0.5, 0.6) is 0 Å². The Balaban J connectivity index is 1.67. The highest BCUT2D eigenvalue weighted by Gasteiger charge is 2.61. The van der Waals surface area contributed by atoms with Crippen molar-refractivity contribution in [2.45, 2.75) is 57.5 Å². The fourth-order valence-corrected chi connectivity index (χ4v) is 6.47. The van der Waals surface area contributed by atoms with Gasteiger partial charge in [-0.1, -0.05) is 29.6 Å². The number of fused-ring (bicyclic) bond motifs is 5. The molecule has 4 rings (SSSR count). The van der Waals surface area contributed by atoms with Gasteiger partial charge in [0.15, 0.2) is 0 Å². The molecule has 0 spiro atoms. The van der Waals surface area contributed by atoms with E-state index in [9.17, 15) is 5.11 Å². The summed E-state index contributed by atoms with van der Waals surface area (Å²) >= 11 is 0. The Morgan fingerprint density at radius 1 is 1.29 bits per heavy atom. The molecule has 4 aliphatic carbocycles. The molecular weight excluding hydrogens is 298 g/mol.